The molecule has 6 heteroatoms. The molecule has 0 aliphatic carbocycles. The molecule has 6 nitrogen and oxygen atoms in total. The third kappa shape index (κ3) is 4.38. The highest BCUT2D eigenvalue weighted by atomic mass is 16.5. The van der Waals surface area contributed by atoms with Crippen molar-refractivity contribution in [2.45, 2.75) is 25.6 Å². The summed E-state index contributed by atoms with van der Waals surface area (Å²) in [7, 11) is 1.70. The van der Waals surface area contributed by atoms with Crippen LogP contribution in [0.5, 0.6) is 0 Å². The Balaban J connectivity index is 2.06. The zero-order valence-electron chi connectivity index (χ0n) is 12.8. The van der Waals surface area contributed by atoms with Crippen molar-refractivity contribution in [3.8, 4) is 0 Å². The predicted octanol–water partition coefficient (Wildman–Crippen LogP) is 0.404. The highest BCUT2D eigenvalue weighted by molar-refractivity contribution is 5.48. The van der Waals surface area contributed by atoms with Crippen molar-refractivity contribution < 1.29 is 14.6 Å². The molecule has 0 radical (unpaired) electrons. The van der Waals surface area contributed by atoms with Crippen molar-refractivity contribution in [3.63, 3.8) is 0 Å². The smallest absolute Gasteiger partial charge is 0.133 e. The predicted molar refractivity (Wildman–Crippen MR) is 81.5 cm³/mol. The zero-order chi connectivity index (χ0) is 15.1. The molecule has 2 N–H and O–H groups in total. The second kappa shape index (κ2) is 8.29. The molecule has 2 unspecified atom stereocenters. The Morgan fingerprint density at radius 3 is 3.19 bits per heavy atom. The first-order valence-electron chi connectivity index (χ1n) is 7.39. The number of methoxy groups -OCH3 is 1. The SMILES string of the molecule is COCCNCc1cccnc1N1CC(CO)OCC1C. The monoisotopic (exact) mass is 295 g/mol. The molecule has 1 aliphatic heterocycles. The van der Waals surface area contributed by atoms with Crippen LogP contribution in [0.2, 0.25) is 0 Å². The normalized spacial score (nSPS) is 22.5. The van der Waals surface area contributed by atoms with Gasteiger partial charge in [0.2, 0.25) is 0 Å². The lowest BCUT2D eigenvalue weighted by atomic mass is 10.1. The second-order valence-corrected chi connectivity index (χ2v) is 5.30. The number of hydrogen-bond donors (Lipinski definition) is 2. The molecule has 0 saturated carbocycles. The number of aliphatic hydroxyl groups is 1. The summed E-state index contributed by atoms with van der Waals surface area (Å²) in [6.45, 7) is 5.68. The maximum absolute atomic E-state index is 9.31. The van der Waals surface area contributed by atoms with Crippen molar-refractivity contribution in [1.82, 2.24) is 10.3 Å². The van der Waals surface area contributed by atoms with E-state index < -0.39 is 0 Å². The minimum absolute atomic E-state index is 0.0392. The van der Waals surface area contributed by atoms with E-state index in [1.54, 1.807) is 7.11 Å². The van der Waals surface area contributed by atoms with Gasteiger partial charge in [0, 0.05) is 38.5 Å². The van der Waals surface area contributed by atoms with Crippen molar-refractivity contribution in [2.24, 2.45) is 0 Å². The minimum Gasteiger partial charge on any atom is -0.394 e. The molecule has 0 spiro atoms. The summed E-state index contributed by atoms with van der Waals surface area (Å²) < 4.78 is 10.6. The van der Waals surface area contributed by atoms with E-state index in [0.29, 0.717) is 19.8 Å². The maximum Gasteiger partial charge on any atom is 0.133 e. The summed E-state index contributed by atoms with van der Waals surface area (Å²) in [5.41, 5.74) is 1.15. The lowest BCUT2D eigenvalue weighted by Crippen LogP contribution is -2.50. The number of pyridine rings is 1. The fraction of sp³-hybridized carbons (Fsp3) is 0.667. The Bertz CT molecular complexity index is 430. The Labute approximate surface area is 126 Å². The summed E-state index contributed by atoms with van der Waals surface area (Å²) in [5, 5.41) is 12.7. The zero-order valence-corrected chi connectivity index (χ0v) is 12.8. The van der Waals surface area contributed by atoms with Crippen molar-refractivity contribution in [2.75, 3.05) is 44.9 Å². The van der Waals surface area contributed by atoms with Gasteiger partial charge in [0.25, 0.3) is 0 Å². The molecule has 1 aromatic rings. The van der Waals surface area contributed by atoms with E-state index in [2.05, 4.69) is 28.2 Å². The van der Waals surface area contributed by atoms with Gasteiger partial charge < -0.3 is 24.8 Å². The van der Waals surface area contributed by atoms with Crippen LogP contribution in [0.1, 0.15) is 12.5 Å². The molecule has 21 heavy (non-hydrogen) atoms. The molecule has 1 aromatic heterocycles. The molecule has 0 aromatic carbocycles. The number of nitrogens with zero attached hydrogens (tertiary/aromatic N) is 2. The van der Waals surface area contributed by atoms with Crippen LogP contribution < -0.4 is 10.2 Å². The summed E-state index contributed by atoms with van der Waals surface area (Å²) in [6.07, 6.45) is 1.67. The van der Waals surface area contributed by atoms with Crippen LogP contribution in [0.25, 0.3) is 0 Å². The van der Waals surface area contributed by atoms with Crippen LogP contribution in [0.4, 0.5) is 5.82 Å². The van der Waals surface area contributed by atoms with Crippen molar-refractivity contribution >= 4 is 5.82 Å². The molecule has 118 valence electrons. The fourth-order valence-electron chi connectivity index (χ4n) is 2.45. The standard InChI is InChI=1S/C15H25N3O3/c1-12-11-21-14(10-19)9-18(12)15-13(4-3-5-17-15)8-16-6-7-20-2/h3-5,12,14,16,19H,6-11H2,1-2H3. The lowest BCUT2D eigenvalue weighted by Gasteiger charge is -2.39. The van der Waals surface area contributed by atoms with Gasteiger partial charge in [-0.3, -0.25) is 0 Å². The van der Waals surface area contributed by atoms with Gasteiger partial charge in [0.05, 0.1) is 32.0 Å². The number of aromatic nitrogens is 1. The fourth-order valence-corrected chi connectivity index (χ4v) is 2.45. The van der Waals surface area contributed by atoms with E-state index >= 15 is 0 Å². The quantitative estimate of drug-likeness (QED) is 0.710. The van der Waals surface area contributed by atoms with Crippen LogP contribution >= 0.6 is 0 Å². The minimum atomic E-state index is -0.141. The summed E-state index contributed by atoms with van der Waals surface area (Å²) in [6, 6.07) is 4.28. The Morgan fingerprint density at radius 1 is 1.57 bits per heavy atom. The van der Waals surface area contributed by atoms with E-state index in [1.807, 2.05) is 12.3 Å². The van der Waals surface area contributed by atoms with Crippen LogP contribution in [0.3, 0.4) is 0 Å². The summed E-state index contributed by atoms with van der Waals surface area (Å²) in [4.78, 5) is 6.76. The van der Waals surface area contributed by atoms with Gasteiger partial charge in [-0.2, -0.15) is 0 Å². The van der Waals surface area contributed by atoms with E-state index in [9.17, 15) is 5.11 Å². The highest BCUT2D eigenvalue weighted by Crippen LogP contribution is 2.23. The maximum atomic E-state index is 9.31. The van der Waals surface area contributed by atoms with Gasteiger partial charge in [0.1, 0.15) is 5.82 Å². The average molecular weight is 295 g/mol. The largest absolute Gasteiger partial charge is 0.394 e. The van der Waals surface area contributed by atoms with Crippen LogP contribution in [0, 0.1) is 0 Å². The molecular formula is C15H25N3O3. The molecule has 0 bridgehead atoms. The number of ether oxygens (including phenoxy) is 2. The second-order valence-electron chi connectivity index (χ2n) is 5.30. The first-order chi connectivity index (χ1) is 10.3. The van der Waals surface area contributed by atoms with Crippen molar-refractivity contribution in [1.29, 1.82) is 0 Å². The molecule has 2 rings (SSSR count). The third-order valence-electron chi connectivity index (χ3n) is 3.65. The topological polar surface area (TPSA) is 66.9 Å². The van der Waals surface area contributed by atoms with Gasteiger partial charge in [-0.25, -0.2) is 4.98 Å². The Morgan fingerprint density at radius 2 is 2.43 bits per heavy atom. The number of morpholine rings is 1. The molecule has 1 aliphatic rings. The van der Waals surface area contributed by atoms with E-state index in [0.717, 1.165) is 24.5 Å². The third-order valence-corrected chi connectivity index (χ3v) is 3.65. The van der Waals surface area contributed by atoms with Gasteiger partial charge >= 0.3 is 0 Å². The first-order valence-corrected chi connectivity index (χ1v) is 7.39. The average Bonchev–Trinajstić information content (AvgIpc) is 2.53. The number of anilines is 1. The van der Waals surface area contributed by atoms with E-state index in [1.165, 1.54) is 0 Å². The molecule has 2 heterocycles. The number of hydrogen-bond acceptors (Lipinski definition) is 6. The van der Waals surface area contributed by atoms with E-state index in [-0.39, 0.29) is 18.8 Å². The lowest BCUT2D eigenvalue weighted by molar-refractivity contribution is -0.0106. The van der Waals surface area contributed by atoms with Crippen LogP contribution in [0.15, 0.2) is 18.3 Å². The first kappa shape index (κ1) is 16.2. The van der Waals surface area contributed by atoms with Gasteiger partial charge in [0.15, 0.2) is 0 Å². The summed E-state index contributed by atoms with van der Waals surface area (Å²) >= 11 is 0. The van der Waals surface area contributed by atoms with Gasteiger partial charge in [-0.05, 0) is 13.0 Å². The van der Waals surface area contributed by atoms with Gasteiger partial charge in [-0.15, -0.1) is 0 Å². The van der Waals surface area contributed by atoms with Crippen molar-refractivity contribution in [3.05, 3.63) is 23.9 Å². The highest BCUT2D eigenvalue weighted by Gasteiger charge is 2.27. The number of nitrogens with one attached hydrogen (secondary N) is 1. The molecular weight excluding hydrogens is 270 g/mol. The van der Waals surface area contributed by atoms with Crippen LogP contribution in [-0.2, 0) is 16.0 Å². The number of aliphatic hydroxyl groups excluding tert-OH is 1. The summed E-state index contributed by atoms with van der Waals surface area (Å²) in [5.74, 6) is 0.969. The van der Waals surface area contributed by atoms with Gasteiger partial charge in [-0.1, -0.05) is 6.07 Å². The molecule has 0 amide bonds. The molecule has 1 saturated heterocycles. The number of rotatable bonds is 7. The molecule has 1 fully saturated rings. The Hall–Kier alpha value is -1.21. The van der Waals surface area contributed by atoms with E-state index in [4.69, 9.17) is 9.47 Å². The molecule has 2 atom stereocenters. The Kier molecular flexibility index (Phi) is 6.38. The van der Waals surface area contributed by atoms with Crippen LogP contribution in [-0.4, -0.2) is 62.3 Å².